The fourth-order valence-corrected chi connectivity index (χ4v) is 3.47. The molecule has 2 amide bonds. The van der Waals surface area contributed by atoms with Crippen molar-refractivity contribution in [3.63, 3.8) is 0 Å². The Hall–Kier alpha value is -2.58. The number of anilines is 1. The van der Waals surface area contributed by atoms with Crippen LogP contribution in [-0.2, 0) is 14.8 Å². The Morgan fingerprint density at radius 1 is 1.00 bits per heavy atom. The molecule has 2 aromatic rings. The van der Waals surface area contributed by atoms with Crippen LogP contribution in [0.2, 0.25) is 5.02 Å². The van der Waals surface area contributed by atoms with Crippen molar-refractivity contribution in [3.05, 3.63) is 59.1 Å². The summed E-state index contributed by atoms with van der Waals surface area (Å²) in [6.45, 7) is -0.118. The number of halogens is 1. The highest BCUT2D eigenvalue weighted by Crippen LogP contribution is 2.19. The standard InChI is InChI=1S/C18H18ClN3O4S/c19-13-3-5-15(6-4-13)22-27(25,26)16-9-1-12(2-10-16)18(24)20-11-17(23)21-14-7-8-14/h1-6,9-10,14,22H,7-8,11H2,(H,20,24)(H,21,23). The lowest BCUT2D eigenvalue weighted by molar-refractivity contribution is -0.120. The van der Waals surface area contributed by atoms with E-state index in [9.17, 15) is 18.0 Å². The molecule has 0 aromatic heterocycles. The summed E-state index contributed by atoms with van der Waals surface area (Å²) in [5.41, 5.74) is 0.641. The molecule has 0 spiro atoms. The highest BCUT2D eigenvalue weighted by Gasteiger charge is 2.23. The summed E-state index contributed by atoms with van der Waals surface area (Å²) in [6, 6.07) is 11.9. The first-order valence-corrected chi connectivity index (χ1v) is 10.2. The number of benzene rings is 2. The molecule has 1 saturated carbocycles. The van der Waals surface area contributed by atoms with E-state index in [2.05, 4.69) is 15.4 Å². The first-order chi connectivity index (χ1) is 12.8. The quantitative estimate of drug-likeness (QED) is 0.654. The number of carbonyl (C=O) groups excluding carboxylic acids is 2. The van der Waals surface area contributed by atoms with E-state index in [1.54, 1.807) is 24.3 Å². The van der Waals surface area contributed by atoms with E-state index in [1.807, 2.05) is 0 Å². The minimum atomic E-state index is -3.79. The minimum Gasteiger partial charge on any atom is -0.352 e. The fraction of sp³-hybridized carbons (Fsp3) is 0.222. The molecule has 0 saturated heterocycles. The van der Waals surface area contributed by atoms with Gasteiger partial charge in [-0.25, -0.2) is 8.42 Å². The second-order valence-corrected chi connectivity index (χ2v) is 8.28. The number of hydrogen-bond donors (Lipinski definition) is 3. The van der Waals surface area contributed by atoms with Gasteiger partial charge < -0.3 is 10.6 Å². The van der Waals surface area contributed by atoms with Crippen LogP contribution >= 0.6 is 11.6 Å². The Labute approximate surface area is 162 Å². The Morgan fingerprint density at radius 2 is 1.63 bits per heavy atom. The van der Waals surface area contributed by atoms with Gasteiger partial charge in [0.15, 0.2) is 0 Å². The highest BCUT2D eigenvalue weighted by molar-refractivity contribution is 7.92. The Morgan fingerprint density at radius 3 is 2.22 bits per heavy atom. The van der Waals surface area contributed by atoms with Crippen LogP contribution in [0, 0.1) is 0 Å². The van der Waals surface area contributed by atoms with Crippen LogP contribution in [-0.4, -0.2) is 32.8 Å². The fourth-order valence-electron chi connectivity index (χ4n) is 2.29. The largest absolute Gasteiger partial charge is 0.352 e. The predicted octanol–water partition coefficient (Wildman–Crippen LogP) is 2.15. The lowest BCUT2D eigenvalue weighted by Gasteiger charge is -2.09. The van der Waals surface area contributed by atoms with Gasteiger partial charge >= 0.3 is 0 Å². The molecule has 7 nitrogen and oxygen atoms in total. The van der Waals surface area contributed by atoms with Crippen molar-refractivity contribution in [1.29, 1.82) is 0 Å². The zero-order valence-corrected chi connectivity index (χ0v) is 15.8. The molecule has 9 heteroatoms. The molecule has 0 atom stereocenters. The average molecular weight is 408 g/mol. The van der Waals surface area contributed by atoms with Gasteiger partial charge in [-0.05, 0) is 61.4 Å². The van der Waals surface area contributed by atoms with E-state index < -0.39 is 15.9 Å². The van der Waals surface area contributed by atoms with Gasteiger partial charge in [0.1, 0.15) is 0 Å². The maximum atomic E-state index is 12.4. The van der Waals surface area contributed by atoms with Gasteiger partial charge in [0.25, 0.3) is 15.9 Å². The first kappa shape index (κ1) is 19.2. The average Bonchev–Trinajstić information content (AvgIpc) is 3.45. The monoisotopic (exact) mass is 407 g/mol. The van der Waals surface area contributed by atoms with Crippen molar-refractivity contribution in [2.45, 2.75) is 23.8 Å². The van der Waals surface area contributed by atoms with Crippen LogP contribution in [0.4, 0.5) is 5.69 Å². The van der Waals surface area contributed by atoms with E-state index in [-0.39, 0.29) is 29.0 Å². The number of carbonyl (C=O) groups is 2. The maximum absolute atomic E-state index is 12.4. The molecule has 0 heterocycles. The van der Waals surface area contributed by atoms with Crippen LogP contribution in [0.15, 0.2) is 53.4 Å². The van der Waals surface area contributed by atoms with E-state index in [0.29, 0.717) is 10.7 Å². The third-order valence-electron chi connectivity index (χ3n) is 3.88. The molecular formula is C18H18ClN3O4S. The zero-order valence-electron chi connectivity index (χ0n) is 14.2. The van der Waals surface area contributed by atoms with Crippen LogP contribution in [0.1, 0.15) is 23.2 Å². The lowest BCUT2D eigenvalue weighted by atomic mass is 10.2. The van der Waals surface area contributed by atoms with Crippen LogP contribution < -0.4 is 15.4 Å². The van der Waals surface area contributed by atoms with E-state index in [0.717, 1.165) is 12.8 Å². The predicted molar refractivity (Wildman–Crippen MR) is 102 cm³/mol. The number of sulfonamides is 1. The highest BCUT2D eigenvalue weighted by atomic mass is 35.5. The molecular weight excluding hydrogens is 390 g/mol. The van der Waals surface area contributed by atoms with Gasteiger partial charge in [0, 0.05) is 22.3 Å². The van der Waals surface area contributed by atoms with Crippen LogP contribution in [0.3, 0.4) is 0 Å². The zero-order chi connectivity index (χ0) is 19.4. The number of amides is 2. The second-order valence-electron chi connectivity index (χ2n) is 6.16. The molecule has 1 aliphatic rings. The molecule has 2 aromatic carbocycles. The Kier molecular flexibility index (Phi) is 5.67. The normalized spacial score (nSPS) is 13.7. The Bertz CT molecular complexity index is 940. The SMILES string of the molecule is O=C(CNC(=O)c1ccc(S(=O)(=O)Nc2ccc(Cl)cc2)cc1)NC1CC1. The molecule has 3 N–H and O–H groups in total. The van der Waals surface area contributed by atoms with E-state index in [4.69, 9.17) is 11.6 Å². The van der Waals surface area contributed by atoms with Gasteiger partial charge in [-0.1, -0.05) is 11.6 Å². The van der Waals surface area contributed by atoms with Gasteiger partial charge in [-0.15, -0.1) is 0 Å². The smallest absolute Gasteiger partial charge is 0.261 e. The number of rotatable bonds is 7. The van der Waals surface area contributed by atoms with Crippen LogP contribution in [0.5, 0.6) is 0 Å². The third kappa shape index (κ3) is 5.45. The Balaban J connectivity index is 1.60. The lowest BCUT2D eigenvalue weighted by Crippen LogP contribution is -2.37. The molecule has 1 aliphatic carbocycles. The van der Waals surface area contributed by atoms with Crippen molar-refractivity contribution in [1.82, 2.24) is 10.6 Å². The summed E-state index contributed by atoms with van der Waals surface area (Å²) in [5.74, 6) is -0.687. The van der Waals surface area contributed by atoms with Crippen molar-refractivity contribution >= 4 is 39.1 Å². The van der Waals surface area contributed by atoms with E-state index in [1.165, 1.54) is 24.3 Å². The molecule has 3 rings (SSSR count). The molecule has 0 bridgehead atoms. The molecule has 0 unspecified atom stereocenters. The van der Waals surface area contributed by atoms with Gasteiger partial charge in [-0.2, -0.15) is 0 Å². The molecule has 0 radical (unpaired) electrons. The molecule has 27 heavy (non-hydrogen) atoms. The van der Waals surface area contributed by atoms with Gasteiger partial charge in [0.05, 0.1) is 11.4 Å². The van der Waals surface area contributed by atoms with Gasteiger partial charge in [0.2, 0.25) is 5.91 Å². The molecule has 142 valence electrons. The van der Waals surface area contributed by atoms with Crippen molar-refractivity contribution in [2.75, 3.05) is 11.3 Å². The minimum absolute atomic E-state index is 0.0143. The summed E-state index contributed by atoms with van der Waals surface area (Å²) in [4.78, 5) is 23.7. The second kappa shape index (κ2) is 7.98. The van der Waals surface area contributed by atoms with Crippen molar-refractivity contribution in [2.24, 2.45) is 0 Å². The first-order valence-electron chi connectivity index (χ1n) is 8.29. The third-order valence-corrected chi connectivity index (χ3v) is 5.52. The number of hydrogen-bond acceptors (Lipinski definition) is 4. The summed E-state index contributed by atoms with van der Waals surface area (Å²) in [5, 5.41) is 5.77. The van der Waals surface area contributed by atoms with E-state index >= 15 is 0 Å². The summed E-state index contributed by atoms with van der Waals surface area (Å²) in [7, 11) is -3.79. The topological polar surface area (TPSA) is 104 Å². The molecule has 1 fully saturated rings. The summed E-state index contributed by atoms with van der Waals surface area (Å²) >= 11 is 5.78. The van der Waals surface area contributed by atoms with Crippen LogP contribution in [0.25, 0.3) is 0 Å². The number of nitrogens with one attached hydrogen (secondary N) is 3. The van der Waals surface area contributed by atoms with Gasteiger partial charge in [-0.3, -0.25) is 14.3 Å². The summed E-state index contributed by atoms with van der Waals surface area (Å²) in [6.07, 6.45) is 1.94. The molecule has 0 aliphatic heterocycles. The maximum Gasteiger partial charge on any atom is 0.261 e. The van der Waals surface area contributed by atoms with Crippen molar-refractivity contribution < 1.29 is 18.0 Å². The van der Waals surface area contributed by atoms with Crippen molar-refractivity contribution in [3.8, 4) is 0 Å². The summed E-state index contributed by atoms with van der Waals surface area (Å²) < 4.78 is 27.2.